The van der Waals surface area contributed by atoms with Crippen molar-refractivity contribution in [2.24, 2.45) is 5.10 Å². The van der Waals surface area contributed by atoms with Crippen molar-refractivity contribution in [3.05, 3.63) is 74.1 Å². The lowest BCUT2D eigenvalue weighted by atomic mass is 10.1. The Labute approximate surface area is 197 Å². The van der Waals surface area contributed by atoms with Gasteiger partial charge in [-0.1, -0.05) is 30.3 Å². The maximum atomic E-state index is 12.3. The van der Waals surface area contributed by atoms with E-state index in [0.717, 1.165) is 12.3 Å². The number of esters is 1. The molecule has 178 valence electrons. The number of nitro groups is 1. The largest absolute Gasteiger partial charge is 0.493 e. The van der Waals surface area contributed by atoms with E-state index in [9.17, 15) is 25.0 Å². The third-order valence-electron chi connectivity index (χ3n) is 4.54. The number of methoxy groups -OCH3 is 2. The Kier molecular flexibility index (Phi) is 7.71. The van der Waals surface area contributed by atoms with Crippen molar-refractivity contribution in [3.63, 3.8) is 0 Å². The molecule has 0 aliphatic carbocycles. The number of nitro benzene ring substituents is 1. The second-order valence-electron chi connectivity index (χ2n) is 6.67. The van der Waals surface area contributed by atoms with Crippen molar-refractivity contribution in [2.75, 3.05) is 26.3 Å². The van der Waals surface area contributed by atoms with Gasteiger partial charge in [-0.15, -0.1) is 0 Å². The predicted molar refractivity (Wildman–Crippen MR) is 123 cm³/mol. The van der Waals surface area contributed by atoms with Gasteiger partial charge < -0.3 is 14.2 Å². The normalized spacial score (nSPS) is 10.4. The molecule has 0 spiro atoms. The summed E-state index contributed by atoms with van der Waals surface area (Å²) in [6.07, 6.45) is 1.12. The van der Waals surface area contributed by atoms with E-state index in [4.69, 9.17) is 9.47 Å². The Morgan fingerprint density at radius 2 is 2.03 bits per heavy atom. The van der Waals surface area contributed by atoms with Crippen molar-refractivity contribution in [2.45, 2.75) is 0 Å². The first-order valence-corrected chi connectivity index (χ1v) is 9.82. The van der Waals surface area contributed by atoms with Crippen LogP contribution in [-0.4, -0.2) is 47.9 Å². The monoisotopic (exact) mass is 478 g/mol. The molecule has 0 unspecified atom stereocenters. The highest BCUT2D eigenvalue weighted by Gasteiger charge is 2.20. The van der Waals surface area contributed by atoms with Crippen LogP contribution in [0.25, 0.3) is 11.3 Å². The molecule has 0 amide bonds. The van der Waals surface area contributed by atoms with Crippen LogP contribution in [0.3, 0.4) is 0 Å². The molecule has 0 aliphatic heterocycles. The molecular weight excluding hydrogens is 460 g/mol. The van der Waals surface area contributed by atoms with E-state index in [-0.39, 0.29) is 40.0 Å². The Bertz CT molecular complexity index is 1380. The number of aromatic nitrogens is 2. The van der Waals surface area contributed by atoms with Gasteiger partial charge in [-0.25, -0.2) is 15.2 Å². The lowest BCUT2D eigenvalue weighted by Gasteiger charge is -2.11. The molecule has 35 heavy (non-hydrogen) atoms. The molecule has 0 bridgehead atoms. The maximum Gasteiger partial charge on any atom is 0.343 e. The SMILES string of the molecule is COC(=O)COc1cc([N+](=O)[O-])c(C=NNc2nc(-c3ccccc3)c(C#N)c(=O)[nH]2)cc1OC. The van der Waals surface area contributed by atoms with E-state index in [1.165, 1.54) is 20.3 Å². The van der Waals surface area contributed by atoms with Crippen LogP contribution in [0.15, 0.2) is 52.4 Å². The molecule has 13 nitrogen and oxygen atoms in total. The fourth-order valence-corrected chi connectivity index (χ4v) is 2.89. The van der Waals surface area contributed by atoms with Gasteiger partial charge in [0.15, 0.2) is 18.1 Å². The number of nitrogens with one attached hydrogen (secondary N) is 2. The van der Waals surface area contributed by atoms with E-state index >= 15 is 0 Å². The average Bonchev–Trinajstić information content (AvgIpc) is 2.87. The maximum absolute atomic E-state index is 12.3. The molecular formula is C22H18N6O7. The number of ether oxygens (including phenoxy) is 3. The summed E-state index contributed by atoms with van der Waals surface area (Å²) in [5, 5.41) is 24.8. The van der Waals surface area contributed by atoms with Gasteiger partial charge in [-0.3, -0.25) is 19.9 Å². The molecule has 0 aliphatic rings. The van der Waals surface area contributed by atoms with E-state index in [2.05, 4.69) is 25.2 Å². The van der Waals surface area contributed by atoms with Gasteiger partial charge in [0.2, 0.25) is 5.95 Å². The molecule has 0 radical (unpaired) electrons. The first-order valence-electron chi connectivity index (χ1n) is 9.82. The lowest BCUT2D eigenvalue weighted by Crippen LogP contribution is -2.16. The Balaban J connectivity index is 1.92. The van der Waals surface area contributed by atoms with Crippen LogP contribution in [0, 0.1) is 21.4 Å². The number of hydrogen-bond donors (Lipinski definition) is 2. The average molecular weight is 478 g/mol. The second kappa shape index (κ2) is 11.1. The van der Waals surface area contributed by atoms with Crippen LogP contribution in [0.2, 0.25) is 0 Å². The number of carbonyl (C=O) groups is 1. The minimum Gasteiger partial charge on any atom is -0.493 e. The predicted octanol–water partition coefficient (Wildman–Crippen LogP) is 2.22. The summed E-state index contributed by atoms with van der Waals surface area (Å²) in [5.74, 6) is -0.697. The zero-order chi connectivity index (χ0) is 25.4. The molecule has 0 saturated carbocycles. The van der Waals surface area contributed by atoms with Crippen LogP contribution in [-0.2, 0) is 9.53 Å². The molecule has 3 aromatic rings. The molecule has 0 saturated heterocycles. The fraction of sp³-hybridized carbons (Fsp3) is 0.136. The van der Waals surface area contributed by atoms with Gasteiger partial charge in [0.05, 0.1) is 42.7 Å². The number of anilines is 1. The summed E-state index contributed by atoms with van der Waals surface area (Å²) in [6.45, 7) is -0.472. The molecule has 1 aromatic heterocycles. The standard InChI is InChI=1S/C22H18N6O7/c1-33-17-8-14(16(28(31)32)9-18(17)35-12-19(29)34-2)11-24-27-22-25-20(13-6-4-3-5-7-13)15(10-23)21(30)26-22/h3-9,11H,12H2,1-2H3,(H2,25,26,27,30). The third kappa shape index (κ3) is 5.76. The van der Waals surface area contributed by atoms with Gasteiger partial charge in [0, 0.05) is 5.56 Å². The Hall–Kier alpha value is -5.25. The number of hydrazone groups is 1. The van der Waals surface area contributed by atoms with Crippen LogP contribution >= 0.6 is 0 Å². The molecule has 2 N–H and O–H groups in total. The van der Waals surface area contributed by atoms with Crippen LogP contribution in [0.4, 0.5) is 11.6 Å². The number of carbonyl (C=O) groups excluding carboxylic acids is 1. The van der Waals surface area contributed by atoms with Gasteiger partial charge in [0.25, 0.3) is 11.2 Å². The van der Waals surface area contributed by atoms with Gasteiger partial charge >= 0.3 is 5.97 Å². The topological polar surface area (TPSA) is 182 Å². The summed E-state index contributed by atoms with van der Waals surface area (Å²) < 4.78 is 14.9. The highest BCUT2D eigenvalue weighted by molar-refractivity contribution is 5.87. The fourth-order valence-electron chi connectivity index (χ4n) is 2.89. The van der Waals surface area contributed by atoms with Crippen LogP contribution < -0.4 is 20.5 Å². The zero-order valence-electron chi connectivity index (χ0n) is 18.5. The number of hydrogen-bond acceptors (Lipinski definition) is 11. The minimum absolute atomic E-state index is 0.0315. The van der Waals surface area contributed by atoms with Crippen molar-refractivity contribution < 1.29 is 23.9 Å². The Morgan fingerprint density at radius 3 is 2.66 bits per heavy atom. The van der Waals surface area contributed by atoms with E-state index in [1.54, 1.807) is 30.3 Å². The summed E-state index contributed by atoms with van der Waals surface area (Å²) in [4.78, 5) is 41.2. The van der Waals surface area contributed by atoms with Gasteiger partial charge in [-0.2, -0.15) is 10.4 Å². The minimum atomic E-state index is -0.682. The quantitative estimate of drug-likeness (QED) is 0.200. The summed E-state index contributed by atoms with van der Waals surface area (Å²) >= 11 is 0. The van der Waals surface area contributed by atoms with Gasteiger partial charge in [0.1, 0.15) is 11.6 Å². The number of nitriles is 1. The highest BCUT2D eigenvalue weighted by Crippen LogP contribution is 2.34. The van der Waals surface area contributed by atoms with Crippen molar-refractivity contribution in [1.29, 1.82) is 5.26 Å². The van der Waals surface area contributed by atoms with Crippen molar-refractivity contribution >= 4 is 23.8 Å². The number of rotatable bonds is 9. The summed E-state index contributed by atoms with van der Waals surface area (Å²) in [6, 6.07) is 12.8. The van der Waals surface area contributed by atoms with Crippen molar-refractivity contribution in [3.8, 4) is 28.8 Å². The molecule has 13 heteroatoms. The molecule has 1 heterocycles. The lowest BCUT2D eigenvalue weighted by molar-refractivity contribution is -0.385. The molecule has 2 aromatic carbocycles. The second-order valence-corrected chi connectivity index (χ2v) is 6.67. The van der Waals surface area contributed by atoms with E-state index in [1.807, 2.05) is 6.07 Å². The summed E-state index contributed by atoms with van der Waals surface area (Å²) in [7, 11) is 2.50. The third-order valence-corrected chi connectivity index (χ3v) is 4.54. The summed E-state index contributed by atoms with van der Waals surface area (Å²) in [5.41, 5.74) is 1.98. The number of benzene rings is 2. The van der Waals surface area contributed by atoms with E-state index < -0.39 is 23.1 Å². The first-order chi connectivity index (χ1) is 16.9. The molecule has 3 rings (SSSR count). The van der Waals surface area contributed by atoms with E-state index in [0.29, 0.717) is 5.56 Å². The number of H-pyrrole nitrogens is 1. The molecule has 0 fully saturated rings. The van der Waals surface area contributed by atoms with Crippen molar-refractivity contribution in [1.82, 2.24) is 9.97 Å². The number of nitrogens with zero attached hydrogens (tertiary/aromatic N) is 4. The zero-order valence-corrected chi connectivity index (χ0v) is 18.5. The molecule has 0 atom stereocenters. The smallest absolute Gasteiger partial charge is 0.343 e. The highest BCUT2D eigenvalue weighted by atomic mass is 16.6. The number of aromatic amines is 1. The van der Waals surface area contributed by atoms with Crippen LogP contribution in [0.1, 0.15) is 11.1 Å². The van der Waals surface area contributed by atoms with Gasteiger partial charge in [-0.05, 0) is 6.07 Å². The first kappa shape index (κ1) is 24.4. The van der Waals surface area contributed by atoms with Crippen LogP contribution in [0.5, 0.6) is 11.5 Å². The Morgan fingerprint density at radius 1 is 1.29 bits per heavy atom.